The zero-order chi connectivity index (χ0) is 21.5. The van der Waals surface area contributed by atoms with Gasteiger partial charge in [-0.3, -0.25) is 9.59 Å². The molecule has 0 aliphatic carbocycles. The fourth-order valence-corrected chi connectivity index (χ4v) is 2.90. The second kappa shape index (κ2) is 9.80. The largest absolute Gasteiger partial charge is 0.493 e. The summed E-state index contributed by atoms with van der Waals surface area (Å²) in [5, 5.41) is 6.06. The highest BCUT2D eigenvalue weighted by atomic mass is 35.5. The molecular weight excluding hydrogens is 404 g/mol. The number of methoxy groups -OCH3 is 1. The van der Waals surface area contributed by atoms with E-state index in [1.807, 2.05) is 6.07 Å². The van der Waals surface area contributed by atoms with Crippen LogP contribution in [0.5, 0.6) is 11.5 Å². The summed E-state index contributed by atoms with van der Waals surface area (Å²) in [6.45, 7) is 1.64. The molecule has 154 valence electrons. The normalized spacial score (nSPS) is 11.3. The fourth-order valence-electron chi connectivity index (χ4n) is 2.71. The van der Waals surface area contributed by atoms with Crippen molar-refractivity contribution in [1.82, 2.24) is 0 Å². The number of hydrogen-bond acceptors (Lipinski definition) is 4. The summed E-state index contributed by atoms with van der Waals surface area (Å²) in [5.74, 6) is 0.342. The zero-order valence-electron chi connectivity index (χ0n) is 16.5. The van der Waals surface area contributed by atoms with E-state index in [4.69, 9.17) is 21.1 Å². The van der Waals surface area contributed by atoms with Crippen molar-refractivity contribution >= 4 is 34.8 Å². The van der Waals surface area contributed by atoms with E-state index >= 15 is 0 Å². The molecule has 0 heterocycles. The van der Waals surface area contributed by atoms with Crippen molar-refractivity contribution in [3.8, 4) is 11.5 Å². The van der Waals surface area contributed by atoms with Gasteiger partial charge in [-0.1, -0.05) is 35.9 Å². The van der Waals surface area contributed by atoms with Crippen molar-refractivity contribution < 1.29 is 19.1 Å². The minimum atomic E-state index is -0.773. The molecule has 1 unspecified atom stereocenters. The lowest BCUT2D eigenvalue weighted by Crippen LogP contribution is -2.30. The first kappa shape index (κ1) is 21.2. The van der Waals surface area contributed by atoms with Crippen molar-refractivity contribution in [2.24, 2.45) is 0 Å². The lowest BCUT2D eigenvalue weighted by molar-refractivity contribution is -0.122. The molecule has 2 N–H and O–H groups in total. The molecule has 30 heavy (non-hydrogen) atoms. The van der Waals surface area contributed by atoms with Gasteiger partial charge in [-0.05, 0) is 55.5 Å². The van der Waals surface area contributed by atoms with E-state index in [9.17, 15) is 9.59 Å². The van der Waals surface area contributed by atoms with Crippen molar-refractivity contribution in [3.05, 3.63) is 83.4 Å². The topological polar surface area (TPSA) is 76.7 Å². The number of anilines is 2. The molecule has 2 amide bonds. The third-order valence-electron chi connectivity index (χ3n) is 4.22. The average molecular weight is 425 g/mol. The van der Waals surface area contributed by atoms with Crippen LogP contribution in [-0.2, 0) is 4.79 Å². The Bertz CT molecular complexity index is 1050. The molecule has 3 aromatic carbocycles. The maximum Gasteiger partial charge on any atom is 0.265 e. The van der Waals surface area contributed by atoms with Gasteiger partial charge in [-0.25, -0.2) is 0 Å². The van der Waals surface area contributed by atoms with Crippen molar-refractivity contribution in [2.75, 3.05) is 17.7 Å². The lowest BCUT2D eigenvalue weighted by Gasteiger charge is -2.17. The number of para-hydroxylation sites is 2. The first-order valence-corrected chi connectivity index (χ1v) is 9.61. The van der Waals surface area contributed by atoms with Crippen molar-refractivity contribution in [3.63, 3.8) is 0 Å². The van der Waals surface area contributed by atoms with Gasteiger partial charge in [-0.2, -0.15) is 0 Å². The van der Waals surface area contributed by atoms with Gasteiger partial charge in [0, 0.05) is 22.0 Å². The maximum atomic E-state index is 12.5. The Kier molecular flexibility index (Phi) is 6.93. The Morgan fingerprint density at radius 3 is 2.23 bits per heavy atom. The number of carbonyl (C=O) groups is 2. The molecule has 0 aromatic heterocycles. The average Bonchev–Trinajstić information content (AvgIpc) is 2.74. The van der Waals surface area contributed by atoms with Crippen LogP contribution in [0.15, 0.2) is 72.8 Å². The van der Waals surface area contributed by atoms with Gasteiger partial charge in [0.05, 0.1) is 7.11 Å². The smallest absolute Gasteiger partial charge is 0.265 e. The van der Waals surface area contributed by atoms with Crippen LogP contribution in [0.3, 0.4) is 0 Å². The molecule has 1 atom stereocenters. The summed E-state index contributed by atoms with van der Waals surface area (Å²) in [4.78, 5) is 25.0. The molecule has 3 rings (SSSR count). The maximum absolute atomic E-state index is 12.5. The Morgan fingerprint density at radius 2 is 1.53 bits per heavy atom. The minimum absolute atomic E-state index is 0.313. The molecular formula is C23H21ClN2O4. The molecule has 0 aliphatic heterocycles. The van der Waals surface area contributed by atoms with E-state index in [1.165, 1.54) is 7.11 Å². The summed E-state index contributed by atoms with van der Waals surface area (Å²) >= 11 is 5.94. The second-order valence-electron chi connectivity index (χ2n) is 6.45. The van der Waals surface area contributed by atoms with Crippen LogP contribution in [0.2, 0.25) is 5.02 Å². The van der Waals surface area contributed by atoms with Gasteiger partial charge in [-0.15, -0.1) is 0 Å². The highest BCUT2D eigenvalue weighted by Gasteiger charge is 2.17. The first-order chi connectivity index (χ1) is 14.5. The highest BCUT2D eigenvalue weighted by molar-refractivity contribution is 6.31. The lowest BCUT2D eigenvalue weighted by atomic mass is 10.1. The van der Waals surface area contributed by atoms with Crippen LogP contribution in [-0.4, -0.2) is 25.0 Å². The number of rotatable bonds is 7. The van der Waals surface area contributed by atoms with E-state index in [0.717, 1.165) is 0 Å². The van der Waals surface area contributed by atoms with Crippen LogP contribution in [0.25, 0.3) is 0 Å². The number of carbonyl (C=O) groups excluding carboxylic acids is 2. The Morgan fingerprint density at radius 1 is 0.867 bits per heavy atom. The van der Waals surface area contributed by atoms with E-state index in [0.29, 0.717) is 33.5 Å². The third-order valence-corrected chi connectivity index (χ3v) is 4.45. The molecule has 0 saturated carbocycles. The SMILES string of the molecule is COc1ccccc1OC(C)C(=O)Nc1cccc(C(=O)Nc2cccc(Cl)c2)c1. The van der Waals surface area contributed by atoms with Gasteiger partial charge in [0.25, 0.3) is 11.8 Å². The molecule has 0 bridgehead atoms. The number of nitrogens with one attached hydrogen (secondary N) is 2. The van der Waals surface area contributed by atoms with Gasteiger partial charge < -0.3 is 20.1 Å². The van der Waals surface area contributed by atoms with E-state index in [2.05, 4.69) is 10.6 Å². The molecule has 7 heteroatoms. The summed E-state index contributed by atoms with van der Waals surface area (Å²) in [5.41, 5.74) is 1.46. The predicted octanol–water partition coefficient (Wildman–Crippen LogP) is 5.01. The minimum Gasteiger partial charge on any atom is -0.493 e. The van der Waals surface area contributed by atoms with Crippen LogP contribution < -0.4 is 20.1 Å². The Balaban J connectivity index is 1.65. The molecule has 0 aliphatic rings. The van der Waals surface area contributed by atoms with E-state index in [1.54, 1.807) is 73.7 Å². The van der Waals surface area contributed by atoms with Crippen molar-refractivity contribution in [2.45, 2.75) is 13.0 Å². The molecule has 6 nitrogen and oxygen atoms in total. The zero-order valence-corrected chi connectivity index (χ0v) is 17.3. The van der Waals surface area contributed by atoms with E-state index < -0.39 is 6.10 Å². The number of ether oxygens (including phenoxy) is 2. The molecule has 0 radical (unpaired) electrons. The summed E-state index contributed by atoms with van der Waals surface area (Å²) < 4.78 is 10.9. The van der Waals surface area contributed by atoms with Crippen molar-refractivity contribution in [1.29, 1.82) is 0 Å². The van der Waals surface area contributed by atoms with Gasteiger partial charge >= 0.3 is 0 Å². The monoisotopic (exact) mass is 424 g/mol. The molecule has 3 aromatic rings. The van der Waals surface area contributed by atoms with Gasteiger partial charge in [0.15, 0.2) is 17.6 Å². The quantitative estimate of drug-likeness (QED) is 0.559. The molecule has 0 saturated heterocycles. The van der Waals surface area contributed by atoms with Gasteiger partial charge in [0.2, 0.25) is 0 Å². The highest BCUT2D eigenvalue weighted by Crippen LogP contribution is 2.27. The first-order valence-electron chi connectivity index (χ1n) is 9.24. The molecule has 0 spiro atoms. The van der Waals surface area contributed by atoms with Crippen LogP contribution >= 0.6 is 11.6 Å². The number of amides is 2. The standard InChI is InChI=1S/C23H21ClN2O4/c1-15(30-21-12-4-3-11-20(21)29-2)22(27)25-18-9-5-7-16(13-18)23(28)26-19-10-6-8-17(24)14-19/h3-15H,1-2H3,(H,25,27)(H,26,28). The fraction of sp³-hybridized carbons (Fsp3) is 0.130. The summed E-state index contributed by atoms with van der Waals surface area (Å²) in [7, 11) is 1.53. The second-order valence-corrected chi connectivity index (χ2v) is 6.88. The van der Waals surface area contributed by atoms with E-state index in [-0.39, 0.29) is 11.8 Å². The number of hydrogen-bond donors (Lipinski definition) is 2. The Hall–Kier alpha value is -3.51. The third kappa shape index (κ3) is 5.52. The van der Waals surface area contributed by atoms with Gasteiger partial charge in [0.1, 0.15) is 0 Å². The summed E-state index contributed by atoms with van der Waals surface area (Å²) in [6, 6.07) is 20.6. The predicted molar refractivity (Wildman–Crippen MR) is 118 cm³/mol. The van der Waals surface area contributed by atoms with Crippen LogP contribution in [0.4, 0.5) is 11.4 Å². The number of halogens is 1. The van der Waals surface area contributed by atoms with Crippen LogP contribution in [0.1, 0.15) is 17.3 Å². The molecule has 0 fully saturated rings. The Labute approximate surface area is 179 Å². The van der Waals surface area contributed by atoms with Crippen LogP contribution in [0, 0.1) is 0 Å². The summed E-state index contributed by atoms with van der Waals surface area (Å²) in [6.07, 6.45) is -0.773. The number of benzene rings is 3.